The molecule has 0 radical (unpaired) electrons. The van der Waals surface area contributed by atoms with Gasteiger partial charge in [-0.3, -0.25) is 4.79 Å². The number of nitrogens with zero attached hydrogens (tertiary/aromatic N) is 1. The number of carbonyl (C=O) groups excluding carboxylic acids is 1. The van der Waals surface area contributed by atoms with Crippen LogP contribution < -0.4 is 0 Å². The molecule has 3 rings (SSSR count). The molecule has 1 fully saturated rings. The Hall–Kier alpha value is -1.84. The lowest BCUT2D eigenvalue weighted by atomic mass is 9.76. The van der Waals surface area contributed by atoms with Crippen LogP contribution in [0.5, 0.6) is 0 Å². The highest BCUT2D eigenvalue weighted by Gasteiger charge is 2.43. The molecule has 100 valence electrons. The minimum absolute atomic E-state index is 0.0175. The number of amides is 1. The van der Waals surface area contributed by atoms with Gasteiger partial charge in [0.05, 0.1) is 5.92 Å². The van der Waals surface area contributed by atoms with Crippen molar-refractivity contribution < 1.29 is 14.7 Å². The first-order chi connectivity index (χ1) is 9.09. The van der Waals surface area contributed by atoms with E-state index in [-0.39, 0.29) is 17.9 Å². The average Bonchev–Trinajstić information content (AvgIpc) is 3.15. The minimum atomic E-state index is -0.923. The van der Waals surface area contributed by atoms with Crippen LogP contribution in [0.3, 0.4) is 0 Å². The molecule has 19 heavy (non-hydrogen) atoms. The van der Waals surface area contributed by atoms with Crippen molar-refractivity contribution in [3.05, 3.63) is 35.4 Å². The van der Waals surface area contributed by atoms with E-state index in [1.54, 1.807) is 11.8 Å². The molecule has 4 heteroatoms. The van der Waals surface area contributed by atoms with Gasteiger partial charge in [-0.1, -0.05) is 24.3 Å². The Kier molecular flexibility index (Phi) is 2.81. The first-order valence-corrected chi connectivity index (χ1v) is 6.72. The van der Waals surface area contributed by atoms with Crippen LogP contribution >= 0.6 is 0 Å². The van der Waals surface area contributed by atoms with Crippen LogP contribution in [0.15, 0.2) is 24.3 Å². The molecule has 1 saturated carbocycles. The standard InChI is InChI=1S/C15H17NO3/c1-9(15(18)19)16(11-6-7-11)14(17)13-8-10-4-2-3-5-12(10)13/h2-5,9,11,13H,6-8H2,1H3,(H,18,19). The lowest BCUT2D eigenvalue weighted by molar-refractivity contribution is -0.150. The van der Waals surface area contributed by atoms with Gasteiger partial charge in [-0.15, -0.1) is 0 Å². The van der Waals surface area contributed by atoms with Gasteiger partial charge >= 0.3 is 5.97 Å². The topological polar surface area (TPSA) is 57.6 Å². The summed E-state index contributed by atoms with van der Waals surface area (Å²) in [5, 5.41) is 9.15. The van der Waals surface area contributed by atoms with E-state index in [4.69, 9.17) is 5.11 Å². The van der Waals surface area contributed by atoms with E-state index in [9.17, 15) is 9.59 Å². The fourth-order valence-electron chi connectivity index (χ4n) is 2.82. The van der Waals surface area contributed by atoms with Gasteiger partial charge < -0.3 is 10.0 Å². The SMILES string of the molecule is CC(C(=O)O)N(C(=O)C1Cc2ccccc21)C1CC1. The summed E-state index contributed by atoms with van der Waals surface area (Å²) in [5.74, 6) is -1.08. The Morgan fingerprint density at radius 2 is 2.00 bits per heavy atom. The lowest BCUT2D eigenvalue weighted by Crippen LogP contribution is -2.48. The molecule has 0 heterocycles. The molecule has 0 spiro atoms. The van der Waals surface area contributed by atoms with Crippen LogP contribution in [0.25, 0.3) is 0 Å². The van der Waals surface area contributed by atoms with Crippen LogP contribution in [0.2, 0.25) is 0 Å². The number of aliphatic carboxylic acids is 1. The summed E-state index contributed by atoms with van der Waals surface area (Å²) in [6.45, 7) is 1.60. The molecule has 0 aliphatic heterocycles. The summed E-state index contributed by atoms with van der Waals surface area (Å²) < 4.78 is 0. The number of benzene rings is 1. The molecule has 4 nitrogen and oxygen atoms in total. The van der Waals surface area contributed by atoms with Gasteiger partial charge in [-0.25, -0.2) is 4.79 Å². The summed E-state index contributed by atoms with van der Waals surface area (Å²) in [5.41, 5.74) is 2.27. The molecule has 1 aromatic carbocycles. The Morgan fingerprint density at radius 3 is 2.58 bits per heavy atom. The molecule has 0 bridgehead atoms. The van der Waals surface area contributed by atoms with Crippen molar-refractivity contribution in [1.29, 1.82) is 0 Å². The van der Waals surface area contributed by atoms with E-state index in [0.29, 0.717) is 0 Å². The van der Waals surface area contributed by atoms with E-state index < -0.39 is 12.0 Å². The molecule has 0 aromatic heterocycles. The van der Waals surface area contributed by atoms with Gasteiger partial charge in [0, 0.05) is 6.04 Å². The van der Waals surface area contributed by atoms with Crippen LogP contribution in [0, 0.1) is 0 Å². The van der Waals surface area contributed by atoms with E-state index in [2.05, 4.69) is 0 Å². The van der Waals surface area contributed by atoms with Crippen molar-refractivity contribution in [3.8, 4) is 0 Å². The summed E-state index contributed by atoms with van der Waals surface area (Å²) in [7, 11) is 0. The van der Waals surface area contributed by atoms with Crippen molar-refractivity contribution in [2.45, 2.75) is 44.2 Å². The van der Waals surface area contributed by atoms with Crippen LogP contribution in [-0.4, -0.2) is 34.0 Å². The third-order valence-electron chi connectivity index (χ3n) is 4.12. The van der Waals surface area contributed by atoms with Crippen LogP contribution in [0.1, 0.15) is 36.8 Å². The third-order valence-corrected chi connectivity index (χ3v) is 4.12. The van der Waals surface area contributed by atoms with Crippen LogP contribution in [-0.2, 0) is 16.0 Å². The number of rotatable bonds is 4. The number of carboxylic acid groups (broad SMARTS) is 1. The highest BCUT2D eigenvalue weighted by atomic mass is 16.4. The average molecular weight is 259 g/mol. The van der Waals surface area contributed by atoms with Gasteiger partial charge in [-0.05, 0) is 37.3 Å². The maximum atomic E-state index is 12.6. The van der Waals surface area contributed by atoms with Gasteiger partial charge in [-0.2, -0.15) is 0 Å². The quantitative estimate of drug-likeness (QED) is 0.896. The number of carboxylic acids is 1. The zero-order valence-corrected chi connectivity index (χ0v) is 10.9. The molecule has 1 amide bonds. The van der Waals surface area contributed by atoms with Gasteiger partial charge in [0.25, 0.3) is 0 Å². The van der Waals surface area contributed by atoms with Crippen LogP contribution in [0.4, 0.5) is 0 Å². The molecule has 2 atom stereocenters. The summed E-state index contributed by atoms with van der Waals surface area (Å²) in [6.07, 6.45) is 2.60. The molecule has 0 saturated heterocycles. The normalized spacial score (nSPS) is 22.1. The minimum Gasteiger partial charge on any atom is -0.480 e. The fraction of sp³-hybridized carbons (Fsp3) is 0.467. The largest absolute Gasteiger partial charge is 0.480 e. The van der Waals surface area contributed by atoms with Crippen molar-refractivity contribution in [1.82, 2.24) is 4.90 Å². The molecule has 2 aliphatic rings. The molecular formula is C15H17NO3. The van der Waals surface area contributed by atoms with E-state index >= 15 is 0 Å². The molecule has 2 aliphatic carbocycles. The first-order valence-electron chi connectivity index (χ1n) is 6.72. The Labute approximate surface area is 112 Å². The Morgan fingerprint density at radius 1 is 1.32 bits per heavy atom. The first kappa shape index (κ1) is 12.2. The van der Waals surface area contributed by atoms with E-state index in [1.165, 1.54) is 5.56 Å². The fourth-order valence-corrected chi connectivity index (χ4v) is 2.82. The zero-order chi connectivity index (χ0) is 13.6. The summed E-state index contributed by atoms with van der Waals surface area (Å²) in [6, 6.07) is 7.30. The van der Waals surface area contributed by atoms with Gasteiger partial charge in [0.2, 0.25) is 5.91 Å². The number of carbonyl (C=O) groups is 2. The highest BCUT2D eigenvalue weighted by Crippen LogP contribution is 2.39. The third kappa shape index (κ3) is 2.01. The number of hydrogen-bond donors (Lipinski definition) is 1. The molecule has 1 aromatic rings. The summed E-state index contributed by atoms with van der Waals surface area (Å²) >= 11 is 0. The Bertz CT molecular complexity index is 536. The van der Waals surface area contributed by atoms with Gasteiger partial charge in [0.1, 0.15) is 6.04 Å². The second-order valence-corrected chi connectivity index (χ2v) is 5.45. The Balaban J connectivity index is 1.81. The second-order valence-electron chi connectivity index (χ2n) is 5.45. The van der Waals surface area contributed by atoms with E-state index in [0.717, 1.165) is 24.8 Å². The second kappa shape index (κ2) is 4.37. The van der Waals surface area contributed by atoms with Crippen molar-refractivity contribution >= 4 is 11.9 Å². The highest BCUT2D eigenvalue weighted by molar-refractivity contribution is 5.90. The predicted molar refractivity (Wildman–Crippen MR) is 69.9 cm³/mol. The maximum Gasteiger partial charge on any atom is 0.326 e. The smallest absolute Gasteiger partial charge is 0.326 e. The molecule has 2 unspecified atom stereocenters. The lowest BCUT2D eigenvalue weighted by Gasteiger charge is -2.35. The van der Waals surface area contributed by atoms with Crippen molar-refractivity contribution in [2.24, 2.45) is 0 Å². The molecular weight excluding hydrogens is 242 g/mol. The van der Waals surface area contributed by atoms with Gasteiger partial charge in [0.15, 0.2) is 0 Å². The van der Waals surface area contributed by atoms with Crippen molar-refractivity contribution in [2.75, 3.05) is 0 Å². The zero-order valence-electron chi connectivity index (χ0n) is 10.9. The maximum absolute atomic E-state index is 12.6. The molecule has 1 N–H and O–H groups in total. The summed E-state index contributed by atoms with van der Waals surface area (Å²) in [4.78, 5) is 25.3. The number of fused-ring (bicyclic) bond motifs is 1. The number of hydrogen-bond acceptors (Lipinski definition) is 2. The monoisotopic (exact) mass is 259 g/mol. The van der Waals surface area contributed by atoms with Crippen molar-refractivity contribution in [3.63, 3.8) is 0 Å². The predicted octanol–water partition coefficient (Wildman–Crippen LogP) is 1.79. The van der Waals surface area contributed by atoms with E-state index in [1.807, 2.05) is 24.3 Å².